The fraction of sp³-hybridized carbons (Fsp3) is 0.118. The average molecular weight is 345 g/mol. The molecule has 0 fully saturated rings. The Morgan fingerprint density at radius 2 is 1.88 bits per heavy atom. The molecule has 0 aliphatic rings. The van der Waals surface area contributed by atoms with Crippen LogP contribution in [0.4, 0.5) is 13.2 Å². The normalized spacial score (nSPS) is 11.1. The molecule has 0 N–H and O–H groups in total. The first-order valence-corrected chi connectivity index (χ1v) is 7.09. The summed E-state index contributed by atoms with van der Waals surface area (Å²) >= 11 is 0. The van der Waals surface area contributed by atoms with Crippen LogP contribution in [-0.2, 0) is 12.8 Å². The molecule has 1 heterocycles. The van der Waals surface area contributed by atoms with Crippen LogP contribution in [0.1, 0.15) is 17.0 Å². The predicted octanol–water partition coefficient (Wildman–Crippen LogP) is 4.21. The Morgan fingerprint density at radius 3 is 2.64 bits per heavy atom. The number of halogens is 3. The van der Waals surface area contributed by atoms with Gasteiger partial charge in [-0.15, -0.1) is 10.2 Å². The molecule has 0 amide bonds. The van der Waals surface area contributed by atoms with Gasteiger partial charge in [0.25, 0.3) is 5.89 Å². The van der Waals surface area contributed by atoms with E-state index in [-0.39, 0.29) is 24.1 Å². The zero-order valence-electron chi connectivity index (χ0n) is 12.6. The molecule has 0 saturated carbocycles. The van der Waals surface area contributed by atoms with Crippen LogP contribution in [0.15, 0.2) is 52.9 Å². The highest BCUT2D eigenvalue weighted by Gasteiger charge is 2.34. The quantitative estimate of drug-likeness (QED) is 0.708. The van der Waals surface area contributed by atoms with E-state index < -0.39 is 11.7 Å². The van der Waals surface area contributed by atoms with E-state index in [1.807, 2.05) is 6.07 Å². The summed E-state index contributed by atoms with van der Waals surface area (Å²) in [5.74, 6) is -0.143. The van der Waals surface area contributed by atoms with E-state index in [4.69, 9.17) is 14.4 Å². The SMILES string of the molecule is N#Cc1cccc(-c2nnc(COc3ccccc3C(F)(F)F)o2)c1. The van der Waals surface area contributed by atoms with Crippen LogP contribution in [0.3, 0.4) is 0 Å². The first kappa shape index (κ1) is 16.5. The van der Waals surface area contributed by atoms with Gasteiger partial charge in [0.15, 0.2) is 6.61 Å². The Hall–Kier alpha value is -3.34. The van der Waals surface area contributed by atoms with Crippen molar-refractivity contribution < 1.29 is 22.3 Å². The van der Waals surface area contributed by atoms with Crippen molar-refractivity contribution in [3.63, 3.8) is 0 Å². The lowest BCUT2D eigenvalue weighted by Gasteiger charge is -2.12. The molecule has 0 spiro atoms. The van der Waals surface area contributed by atoms with Gasteiger partial charge in [0.05, 0.1) is 17.2 Å². The largest absolute Gasteiger partial charge is 0.483 e. The summed E-state index contributed by atoms with van der Waals surface area (Å²) < 4.78 is 49.3. The van der Waals surface area contributed by atoms with Crippen LogP contribution in [0.2, 0.25) is 0 Å². The fourth-order valence-electron chi connectivity index (χ4n) is 2.12. The molecule has 0 saturated heterocycles. The molecular formula is C17H10F3N3O2. The van der Waals surface area contributed by atoms with Crippen molar-refractivity contribution in [2.24, 2.45) is 0 Å². The van der Waals surface area contributed by atoms with Crippen molar-refractivity contribution in [3.05, 3.63) is 65.5 Å². The maximum absolute atomic E-state index is 12.9. The predicted molar refractivity (Wildman–Crippen MR) is 80.2 cm³/mol. The van der Waals surface area contributed by atoms with Crippen molar-refractivity contribution in [3.8, 4) is 23.3 Å². The molecule has 25 heavy (non-hydrogen) atoms. The molecule has 0 aliphatic heterocycles. The lowest BCUT2D eigenvalue weighted by Crippen LogP contribution is -2.08. The van der Waals surface area contributed by atoms with Crippen LogP contribution in [0.5, 0.6) is 5.75 Å². The third kappa shape index (κ3) is 3.77. The van der Waals surface area contributed by atoms with E-state index in [9.17, 15) is 13.2 Å². The summed E-state index contributed by atoms with van der Waals surface area (Å²) in [4.78, 5) is 0. The van der Waals surface area contributed by atoms with Gasteiger partial charge in [-0.1, -0.05) is 18.2 Å². The zero-order valence-corrected chi connectivity index (χ0v) is 12.6. The minimum Gasteiger partial charge on any atom is -0.483 e. The maximum Gasteiger partial charge on any atom is 0.419 e. The van der Waals surface area contributed by atoms with Gasteiger partial charge in [0.2, 0.25) is 5.89 Å². The zero-order chi connectivity index (χ0) is 17.9. The highest BCUT2D eigenvalue weighted by atomic mass is 19.4. The molecule has 0 bridgehead atoms. The van der Waals surface area contributed by atoms with E-state index >= 15 is 0 Å². The molecule has 3 rings (SSSR count). The van der Waals surface area contributed by atoms with Crippen LogP contribution in [-0.4, -0.2) is 10.2 Å². The van der Waals surface area contributed by atoms with E-state index in [1.54, 1.807) is 24.3 Å². The van der Waals surface area contributed by atoms with Gasteiger partial charge < -0.3 is 9.15 Å². The number of aromatic nitrogens is 2. The third-order valence-electron chi connectivity index (χ3n) is 3.25. The van der Waals surface area contributed by atoms with E-state index in [0.717, 1.165) is 6.07 Å². The van der Waals surface area contributed by atoms with Crippen molar-refractivity contribution in [1.29, 1.82) is 5.26 Å². The molecular weight excluding hydrogens is 335 g/mol. The molecule has 2 aromatic carbocycles. The highest BCUT2D eigenvalue weighted by Crippen LogP contribution is 2.36. The van der Waals surface area contributed by atoms with Crippen LogP contribution < -0.4 is 4.74 Å². The second-order valence-electron chi connectivity index (χ2n) is 4.98. The van der Waals surface area contributed by atoms with E-state index in [1.165, 1.54) is 18.2 Å². The fourth-order valence-corrected chi connectivity index (χ4v) is 2.12. The number of benzene rings is 2. The standard InChI is InChI=1S/C17H10F3N3O2/c18-17(19,20)13-6-1-2-7-14(13)24-10-15-22-23-16(25-15)12-5-3-4-11(8-12)9-21/h1-8H,10H2. The summed E-state index contributed by atoms with van der Waals surface area (Å²) in [6.07, 6.45) is -4.52. The molecule has 1 aromatic heterocycles. The van der Waals surface area contributed by atoms with Crippen LogP contribution in [0, 0.1) is 11.3 Å². The molecule has 8 heteroatoms. The van der Waals surface area contributed by atoms with Crippen molar-refractivity contribution in [2.75, 3.05) is 0 Å². The Morgan fingerprint density at radius 1 is 1.08 bits per heavy atom. The van der Waals surface area contributed by atoms with Gasteiger partial charge in [-0.25, -0.2) is 0 Å². The van der Waals surface area contributed by atoms with Crippen molar-refractivity contribution in [2.45, 2.75) is 12.8 Å². The van der Waals surface area contributed by atoms with Gasteiger partial charge in [-0.2, -0.15) is 18.4 Å². The van der Waals surface area contributed by atoms with Gasteiger partial charge >= 0.3 is 6.18 Å². The molecule has 126 valence electrons. The highest BCUT2D eigenvalue weighted by molar-refractivity contribution is 5.55. The Bertz CT molecular complexity index is 929. The van der Waals surface area contributed by atoms with Gasteiger partial charge in [-0.05, 0) is 30.3 Å². The van der Waals surface area contributed by atoms with Gasteiger partial charge in [0.1, 0.15) is 5.75 Å². The monoisotopic (exact) mass is 345 g/mol. The molecule has 0 unspecified atom stereocenters. The molecule has 0 aliphatic carbocycles. The third-order valence-corrected chi connectivity index (χ3v) is 3.25. The topological polar surface area (TPSA) is 71.9 Å². The first-order chi connectivity index (χ1) is 12.0. The molecule has 5 nitrogen and oxygen atoms in total. The number of para-hydroxylation sites is 1. The lowest BCUT2D eigenvalue weighted by atomic mass is 10.1. The Labute approximate surface area is 140 Å². The first-order valence-electron chi connectivity index (χ1n) is 7.09. The van der Waals surface area contributed by atoms with Crippen molar-refractivity contribution in [1.82, 2.24) is 10.2 Å². The maximum atomic E-state index is 12.9. The second-order valence-corrected chi connectivity index (χ2v) is 4.98. The minimum atomic E-state index is -4.52. The summed E-state index contributed by atoms with van der Waals surface area (Å²) in [6, 6.07) is 13.4. The second kappa shape index (κ2) is 6.65. The van der Waals surface area contributed by atoms with Gasteiger partial charge in [-0.3, -0.25) is 0 Å². The number of alkyl halides is 3. The smallest absolute Gasteiger partial charge is 0.419 e. The van der Waals surface area contributed by atoms with Gasteiger partial charge in [0, 0.05) is 5.56 Å². The van der Waals surface area contributed by atoms with E-state index in [0.29, 0.717) is 11.1 Å². The Kier molecular flexibility index (Phi) is 4.39. The minimum absolute atomic E-state index is 0.0225. The van der Waals surface area contributed by atoms with Crippen LogP contribution >= 0.6 is 0 Å². The molecule has 0 atom stereocenters. The van der Waals surface area contributed by atoms with Crippen LogP contribution in [0.25, 0.3) is 11.5 Å². The summed E-state index contributed by atoms with van der Waals surface area (Å²) in [6.45, 7) is -0.308. The average Bonchev–Trinajstić information content (AvgIpc) is 3.08. The Balaban J connectivity index is 1.76. The number of hydrogen-bond acceptors (Lipinski definition) is 5. The molecule has 3 aromatic rings. The lowest BCUT2D eigenvalue weighted by molar-refractivity contribution is -0.139. The number of nitrogens with zero attached hydrogens (tertiary/aromatic N) is 3. The molecule has 0 radical (unpaired) electrons. The number of nitriles is 1. The summed E-state index contributed by atoms with van der Waals surface area (Å²) in [5.41, 5.74) is 0.0811. The number of hydrogen-bond donors (Lipinski definition) is 0. The summed E-state index contributed by atoms with van der Waals surface area (Å²) in [5, 5.41) is 16.5. The summed E-state index contributed by atoms with van der Waals surface area (Å²) in [7, 11) is 0. The number of rotatable bonds is 4. The van der Waals surface area contributed by atoms with E-state index in [2.05, 4.69) is 10.2 Å². The number of ether oxygens (including phenoxy) is 1. The van der Waals surface area contributed by atoms with Crippen molar-refractivity contribution >= 4 is 0 Å².